The molecule has 2 aliphatic heterocycles. The third-order valence-corrected chi connectivity index (χ3v) is 5.66. The molecule has 0 bridgehead atoms. The highest BCUT2D eigenvalue weighted by Crippen LogP contribution is 2.40. The number of halogens is 3. The van der Waals surface area contributed by atoms with Gasteiger partial charge in [0.25, 0.3) is 0 Å². The molecule has 0 fully saturated rings. The monoisotopic (exact) mass is 401 g/mol. The predicted octanol–water partition coefficient (Wildman–Crippen LogP) is 3.62. The third kappa shape index (κ3) is 3.74. The van der Waals surface area contributed by atoms with Crippen molar-refractivity contribution < 1.29 is 17.9 Å². The molecule has 0 spiro atoms. The number of aromatic nitrogens is 1. The van der Waals surface area contributed by atoms with Gasteiger partial charge in [-0.15, -0.1) is 0 Å². The summed E-state index contributed by atoms with van der Waals surface area (Å²) in [4.78, 5) is 2.14. The van der Waals surface area contributed by atoms with Gasteiger partial charge in [0.15, 0.2) is 11.7 Å². The quantitative estimate of drug-likeness (QED) is 0.483. The second-order valence-corrected chi connectivity index (χ2v) is 7.43. The summed E-state index contributed by atoms with van der Waals surface area (Å²) in [6.45, 7) is 1.77. The fourth-order valence-electron chi connectivity index (χ4n) is 3.98. The maximum Gasteiger partial charge on any atom is 0.419 e. The predicted molar refractivity (Wildman–Crippen MR) is 106 cm³/mol. The van der Waals surface area contributed by atoms with Gasteiger partial charge < -0.3 is 10.5 Å². The number of benzene rings is 1. The first-order chi connectivity index (χ1) is 13.9. The number of pyridine rings is 1. The number of nitrogens with zero attached hydrogens (tertiary/aromatic N) is 2. The molecule has 2 aromatic rings. The van der Waals surface area contributed by atoms with Crippen molar-refractivity contribution in [3.8, 4) is 0 Å². The first kappa shape index (κ1) is 19.5. The zero-order chi connectivity index (χ0) is 20.5. The smallest absolute Gasteiger partial charge is 0.419 e. The minimum atomic E-state index is -4.40. The van der Waals surface area contributed by atoms with Gasteiger partial charge in [0.2, 0.25) is 5.52 Å². The van der Waals surface area contributed by atoms with Gasteiger partial charge in [0.1, 0.15) is 0 Å². The Hall–Kier alpha value is -2.80. The summed E-state index contributed by atoms with van der Waals surface area (Å²) in [5.74, 6) is 0. The molecule has 1 atom stereocenters. The number of hydrogen-bond acceptors (Lipinski definition) is 3. The number of rotatable bonds is 4. The van der Waals surface area contributed by atoms with Crippen molar-refractivity contribution in [3.63, 3.8) is 0 Å². The maximum atomic E-state index is 13.8. The molecule has 1 unspecified atom stereocenters. The molecule has 1 aromatic heterocycles. The first-order valence-corrected chi connectivity index (χ1v) is 9.60. The summed E-state index contributed by atoms with van der Waals surface area (Å²) in [6, 6.07) is 9.41. The van der Waals surface area contributed by atoms with E-state index in [0.717, 1.165) is 28.6 Å². The zero-order valence-corrected chi connectivity index (χ0v) is 15.8. The van der Waals surface area contributed by atoms with Crippen LogP contribution in [0.5, 0.6) is 0 Å². The molecule has 1 N–H and O–H groups in total. The van der Waals surface area contributed by atoms with Crippen molar-refractivity contribution in [1.82, 2.24) is 10.2 Å². The van der Waals surface area contributed by atoms with Crippen LogP contribution >= 0.6 is 0 Å². The summed E-state index contributed by atoms with van der Waals surface area (Å²) in [7, 11) is 0. The van der Waals surface area contributed by atoms with Crippen LogP contribution in [0, 0.1) is 5.21 Å². The van der Waals surface area contributed by atoms with Gasteiger partial charge in [-0.2, -0.15) is 17.9 Å². The normalized spacial score (nSPS) is 22.5. The molecule has 152 valence electrons. The van der Waals surface area contributed by atoms with Crippen molar-refractivity contribution in [1.29, 1.82) is 0 Å². The molecule has 3 heterocycles. The number of alkyl halides is 3. The molecule has 4 nitrogen and oxygen atoms in total. The highest BCUT2D eigenvalue weighted by Gasteiger charge is 2.55. The van der Waals surface area contributed by atoms with Crippen LogP contribution in [0.2, 0.25) is 0 Å². The Balaban J connectivity index is 1.43. The van der Waals surface area contributed by atoms with Gasteiger partial charge >= 0.3 is 6.18 Å². The Morgan fingerprint density at radius 1 is 1.21 bits per heavy atom. The molecule has 2 aliphatic rings. The summed E-state index contributed by atoms with van der Waals surface area (Å²) >= 11 is 0. The van der Waals surface area contributed by atoms with E-state index in [4.69, 9.17) is 0 Å². The topological polar surface area (TPSA) is 42.2 Å². The van der Waals surface area contributed by atoms with Crippen LogP contribution in [0.1, 0.15) is 12.0 Å². The fourth-order valence-corrected chi connectivity index (χ4v) is 3.98. The van der Waals surface area contributed by atoms with Crippen molar-refractivity contribution in [2.75, 3.05) is 19.6 Å². The van der Waals surface area contributed by atoms with Crippen molar-refractivity contribution in [2.24, 2.45) is 0 Å². The number of allylic oxidation sites excluding steroid dienone is 2. The Bertz CT molecular complexity index is 996. The minimum Gasteiger partial charge on any atom is -0.618 e. The summed E-state index contributed by atoms with van der Waals surface area (Å²) in [5.41, 5.74) is -0.0773. The standard InChI is InChI=1S/C22H22F3N3O/c23-22(24,25)21(10-1-2-11-26-21)19-8-14-27(15-9-19)13-7-17-5-6-18-4-3-12-28(29)20(18)16-17/h1-6,8,10-12,16,26H,7,9,13-15H2. The van der Waals surface area contributed by atoms with Crippen LogP contribution in [0.25, 0.3) is 10.9 Å². The lowest BCUT2D eigenvalue weighted by molar-refractivity contribution is -0.577. The Morgan fingerprint density at radius 3 is 2.76 bits per heavy atom. The number of hydrogen-bond donors (Lipinski definition) is 1. The largest absolute Gasteiger partial charge is 0.618 e. The van der Waals surface area contributed by atoms with E-state index in [1.54, 1.807) is 18.2 Å². The van der Waals surface area contributed by atoms with E-state index < -0.39 is 11.7 Å². The first-order valence-electron chi connectivity index (χ1n) is 9.60. The van der Waals surface area contributed by atoms with Crippen molar-refractivity contribution in [3.05, 3.63) is 83.4 Å². The van der Waals surface area contributed by atoms with Gasteiger partial charge in [-0.25, -0.2) is 0 Å². The molecule has 0 amide bonds. The highest BCUT2D eigenvalue weighted by atomic mass is 19.4. The summed E-state index contributed by atoms with van der Waals surface area (Å²) in [5, 5.41) is 15.3. The molecule has 29 heavy (non-hydrogen) atoms. The molecule has 0 saturated heterocycles. The highest BCUT2D eigenvalue weighted by molar-refractivity contribution is 5.76. The van der Waals surface area contributed by atoms with Crippen LogP contribution < -0.4 is 10.0 Å². The lowest BCUT2D eigenvalue weighted by Crippen LogP contribution is -2.56. The van der Waals surface area contributed by atoms with E-state index in [0.29, 0.717) is 30.6 Å². The Kier molecular flexibility index (Phi) is 5.08. The second-order valence-electron chi connectivity index (χ2n) is 7.43. The maximum absolute atomic E-state index is 13.8. The van der Waals surface area contributed by atoms with E-state index in [1.807, 2.05) is 24.3 Å². The molecule has 0 saturated carbocycles. The average molecular weight is 401 g/mol. The van der Waals surface area contributed by atoms with E-state index in [9.17, 15) is 18.4 Å². The van der Waals surface area contributed by atoms with E-state index >= 15 is 0 Å². The Labute approximate surface area is 167 Å². The van der Waals surface area contributed by atoms with Gasteiger partial charge in [-0.05, 0) is 54.5 Å². The molecular formula is C22H22F3N3O. The minimum absolute atomic E-state index is 0.350. The lowest BCUT2D eigenvalue weighted by atomic mass is 9.83. The second kappa shape index (κ2) is 7.55. The number of nitrogens with one attached hydrogen (secondary N) is 1. The molecule has 0 aliphatic carbocycles. The van der Waals surface area contributed by atoms with Gasteiger partial charge in [0.05, 0.1) is 0 Å². The Morgan fingerprint density at radius 2 is 2.07 bits per heavy atom. The van der Waals surface area contributed by atoms with Crippen molar-refractivity contribution >= 4 is 10.9 Å². The molecular weight excluding hydrogens is 379 g/mol. The van der Waals surface area contributed by atoms with E-state index in [1.165, 1.54) is 24.5 Å². The van der Waals surface area contributed by atoms with Crippen LogP contribution in [0.4, 0.5) is 13.2 Å². The van der Waals surface area contributed by atoms with Crippen molar-refractivity contribution in [2.45, 2.75) is 24.6 Å². The summed E-state index contributed by atoms with van der Waals surface area (Å²) in [6.07, 6.45) is 5.41. The van der Waals surface area contributed by atoms with Gasteiger partial charge in [0, 0.05) is 37.2 Å². The van der Waals surface area contributed by atoms with Gasteiger partial charge in [-0.1, -0.05) is 18.2 Å². The third-order valence-electron chi connectivity index (χ3n) is 5.66. The lowest BCUT2D eigenvalue weighted by Gasteiger charge is -2.40. The van der Waals surface area contributed by atoms with Crippen LogP contribution in [0.15, 0.2) is 72.6 Å². The number of fused-ring (bicyclic) bond motifs is 1. The van der Waals surface area contributed by atoms with E-state index in [2.05, 4.69) is 10.2 Å². The average Bonchev–Trinajstić information content (AvgIpc) is 2.73. The zero-order valence-electron chi connectivity index (χ0n) is 15.8. The van der Waals surface area contributed by atoms with Gasteiger partial charge in [-0.3, -0.25) is 4.90 Å². The van der Waals surface area contributed by atoms with Crippen LogP contribution in [-0.2, 0) is 6.42 Å². The summed E-state index contributed by atoms with van der Waals surface area (Å²) < 4.78 is 42.2. The molecule has 1 aromatic carbocycles. The molecule has 7 heteroatoms. The number of dihydropyridines is 1. The van der Waals surface area contributed by atoms with Crippen LogP contribution in [0.3, 0.4) is 0 Å². The fraction of sp³-hybridized carbons (Fsp3) is 0.318. The van der Waals surface area contributed by atoms with E-state index in [-0.39, 0.29) is 0 Å². The van der Waals surface area contributed by atoms with Crippen LogP contribution in [-0.4, -0.2) is 36.2 Å². The SMILES string of the molecule is [O-][n+]1cccc2ccc(CCN3CC=C(C4(C(F)(F)F)C=CC=CN4)CC3)cc21. The molecule has 4 rings (SSSR count). The molecule has 0 radical (unpaired) electrons.